The highest BCUT2D eigenvalue weighted by molar-refractivity contribution is 5.79. The SMILES string of the molecule is NC1CC(=O)N(CCc2ccn[nH]2)C1. The zero-order chi connectivity index (χ0) is 9.97. The number of likely N-dealkylation sites (tertiary alicyclic amines) is 1. The fraction of sp³-hybridized carbons (Fsp3) is 0.556. The van der Waals surface area contributed by atoms with Crippen LogP contribution in [0.15, 0.2) is 12.3 Å². The summed E-state index contributed by atoms with van der Waals surface area (Å²) in [4.78, 5) is 13.2. The van der Waals surface area contributed by atoms with Gasteiger partial charge in [-0.15, -0.1) is 0 Å². The molecule has 0 aliphatic carbocycles. The summed E-state index contributed by atoms with van der Waals surface area (Å²) in [5, 5.41) is 6.72. The van der Waals surface area contributed by atoms with Gasteiger partial charge in [0, 0.05) is 43.9 Å². The summed E-state index contributed by atoms with van der Waals surface area (Å²) in [5.41, 5.74) is 6.74. The van der Waals surface area contributed by atoms with Gasteiger partial charge in [-0.3, -0.25) is 9.89 Å². The minimum absolute atomic E-state index is 0.0178. The molecule has 1 aliphatic rings. The summed E-state index contributed by atoms with van der Waals surface area (Å²) >= 11 is 0. The molecule has 0 saturated carbocycles. The molecule has 0 spiro atoms. The van der Waals surface area contributed by atoms with Crippen LogP contribution in [0.2, 0.25) is 0 Å². The number of H-pyrrole nitrogens is 1. The molecule has 1 saturated heterocycles. The van der Waals surface area contributed by atoms with Crippen LogP contribution in [0.25, 0.3) is 0 Å². The predicted molar refractivity (Wildman–Crippen MR) is 51.5 cm³/mol. The minimum atomic E-state index is 0.0178. The van der Waals surface area contributed by atoms with Crippen LogP contribution in [0, 0.1) is 0 Å². The zero-order valence-corrected chi connectivity index (χ0v) is 7.94. The van der Waals surface area contributed by atoms with Gasteiger partial charge < -0.3 is 10.6 Å². The summed E-state index contributed by atoms with van der Waals surface area (Å²) in [5.74, 6) is 0.164. The third-order valence-corrected chi connectivity index (χ3v) is 2.45. The van der Waals surface area contributed by atoms with Gasteiger partial charge >= 0.3 is 0 Å². The summed E-state index contributed by atoms with van der Waals surface area (Å²) in [6.07, 6.45) is 3.02. The Balaban J connectivity index is 1.84. The molecule has 14 heavy (non-hydrogen) atoms. The van der Waals surface area contributed by atoms with Crippen LogP contribution < -0.4 is 5.73 Å². The second-order valence-corrected chi connectivity index (χ2v) is 3.64. The lowest BCUT2D eigenvalue weighted by molar-refractivity contribution is -0.127. The van der Waals surface area contributed by atoms with Crippen molar-refractivity contribution in [2.24, 2.45) is 5.73 Å². The first kappa shape index (κ1) is 9.21. The molecular formula is C9H14N4O. The van der Waals surface area contributed by atoms with Crippen molar-refractivity contribution in [3.05, 3.63) is 18.0 Å². The normalized spacial score (nSPS) is 21.9. The molecule has 3 N–H and O–H groups in total. The Morgan fingerprint density at radius 3 is 3.14 bits per heavy atom. The first-order valence-electron chi connectivity index (χ1n) is 4.77. The largest absolute Gasteiger partial charge is 0.341 e. The first-order chi connectivity index (χ1) is 6.75. The number of carbonyl (C=O) groups is 1. The summed E-state index contributed by atoms with van der Waals surface area (Å²) in [7, 11) is 0. The number of rotatable bonds is 3. The molecule has 1 aliphatic heterocycles. The van der Waals surface area contributed by atoms with E-state index in [4.69, 9.17) is 5.73 Å². The maximum absolute atomic E-state index is 11.4. The van der Waals surface area contributed by atoms with Crippen LogP contribution in [0.5, 0.6) is 0 Å². The van der Waals surface area contributed by atoms with Gasteiger partial charge in [0.05, 0.1) is 0 Å². The molecule has 1 amide bonds. The van der Waals surface area contributed by atoms with Crippen molar-refractivity contribution in [3.8, 4) is 0 Å². The van der Waals surface area contributed by atoms with Crippen molar-refractivity contribution in [2.45, 2.75) is 18.9 Å². The van der Waals surface area contributed by atoms with Crippen molar-refractivity contribution in [2.75, 3.05) is 13.1 Å². The molecule has 2 heterocycles. The van der Waals surface area contributed by atoms with Crippen LogP contribution in [-0.2, 0) is 11.2 Å². The van der Waals surface area contributed by atoms with E-state index in [1.54, 1.807) is 6.20 Å². The highest BCUT2D eigenvalue weighted by atomic mass is 16.2. The molecule has 1 fully saturated rings. The number of nitrogens with one attached hydrogen (secondary N) is 1. The molecule has 1 unspecified atom stereocenters. The van der Waals surface area contributed by atoms with E-state index in [2.05, 4.69) is 10.2 Å². The van der Waals surface area contributed by atoms with E-state index in [1.807, 2.05) is 11.0 Å². The maximum Gasteiger partial charge on any atom is 0.224 e. The number of carbonyl (C=O) groups excluding carboxylic acids is 1. The van der Waals surface area contributed by atoms with Gasteiger partial charge in [-0.05, 0) is 6.07 Å². The fourth-order valence-corrected chi connectivity index (χ4v) is 1.70. The Hall–Kier alpha value is -1.36. The second-order valence-electron chi connectivity index (χ2n) is 3.64. The molecule has 0 bridgehead atoms. The highest BCUT2D eigenvalue weighted by Gasteiger charge is 2.26. The third-order valence-electron chi connectivity index (χ3n) is 2.45. The second kappa shape index (κ2) is 3.79. The molecular weight excluding hydrogens is 180 g/mol. The molecule has 2 rings (SSSR count). The van der Waals surface area contributed by atoms with E-state index in [9.17, 15) is 4.79 Å². The fourth-order valence-electron chi connectivity index (χ4n) is 1.70. The molecule has 76 valence electrons. The van der Waals surface area contributed by atoms with E-state index >= 15 is 0 Å². The Morgan fingerprint density at radius 2 is 2.57 bits per heavy atom. The molecule has 0 radical (unpaired) electrons. The molecule has 1 aromatic rings. The smallest absolute Gasteiger partial charge is 0.224 e. The average Bonchev–Trinajstić information content (AvgIpc) is 2.72. The number of hydrogen-bond acceptors (Lipinski definition) is 3. The van der Waals surface area contributed by atoms with Crippen molar-refractivity contribution < 1.29 is 4.79 Å². The van der Waals surface area contributed by atoms with E-state index in [1.165, 1.54) is 0 Å². The summed E-state index contributed by atoms with van der Waals surface area (Å²) in [6, 6.07) is 1.93. The lowest BCUT2D eigenvalue weighted by atomic mass is 10.3. The van der Waals surface area contributed by atoms with Crippen molar-refractivity contribution in [1.82, 2.24) is 15.1 Å². The highest BCUT2D eigenvalue weighted by Crippen LogP contribution is 2.09. The van der Waals surface area contributed by atoms with Gasteiger partial charge in [0.15, 0.2) is 0 Å². The number of nitrogens with zero attached hydrogens (tertiary/aromatic N) is 2. The van der Waals surface area contributed by atoms with Gasteiger partial charge in [0.25, 0.3) is 0 Å². The Morgan fingerprint density at radius 1 is 1.71 bits per heavy atom. The van der Waals surface area contributed by atoms with Crippen LogP contribution in [-0.4, -0.2) is 40.1 Å². The van der Waals surface area contributed by atoms with Crippen molar-refractivity contribution in [1.29, 1.82) is 0 Å². The van der Waals surface area contributed by atoms with Crippen LogP contribution in [0.3, 0.4) is 0 Å². The molecule has 5 heteroatoms. The number of nitrogens with two attached hydrogens (primary N) is 1. The number of aromatic amines is 1. The minimum Gasteiger partial charge on any atom is -0.341 e. The van der Waals surface area contributed by atoms with Crippen molar-refractivity contribution >= 4 is 5.91 Å². The first-order valence-corrected chi connectivity index (χ1v) is 4.77. The quantitative estimate of drug-likeness (QED) is 0.682. The molecule has 5 nitrogen and oxygen atoms in total. The van der Waals surface area contributed by atoms with Gasteiger partial charge in [-0.2, -0.15) is 5.10 Å². The Kier molecular flexibility index (Phi) is 2.49. The van der Waals surface area contributed by atoms with E-state index in [0.717, 1.165) is 18.7 Å². The van der Waals surface area contributed by atoms with Gasteiger partial charge in [0.2, 0.25) is 5.91 Å². The lowest BCUT2D eigenvalue weighted by Gasteiger charge is -2.14. The van der Waals surface area contributed by atoms with Gasteiger partial charge in [0.1, 0.15) is 0 Å². The topological polar surface area (TPSA) is 75.0 Å². The van der Waals surface area contributed by atoms with Crippen LogP contribution in [0.1, 0.15) is 12.1 Å². The van der Waals surface area contributed by atoms with Crippen LogP contribution >= 0.6 is 0 Å². The maximum atomic E-state index is 11.4. The van der Waals surface area contributed by atoms with Crippen LogP contribution in [0.4, 0.5) is 0 Å². The zero-order valence-electron chi connectivity index (χ0n) is 7.94. The molecule has 1 atom stereocenters. The summed E-state index contributed by atoms with van der Waals surface area (Å²) < 4.78 is 0. The van der Waals surface area contributed by atoms with Gasteiger partial charge in [-0.1, -0.05) is 0 Å². The monoisotopic (exact) mass is 194 g/mol. The van der Waals surface area contributed by atoms with Gasteiger partial charge in [-0.25, -0.2) is 0 Å². The Labute approximate surface area is 82.3 Å². The van der Waals surface area contributed by atoms with E-state index in [-0.39, 0.29) is 11.9 Å². The van der Waals surface area contributed by atoms with Crippen molar-refractivity contribution in [3.63, 3.8) is 0 Å². The van der Waals surface area contributed by atoms with E-state index in [0.29, 0.717) is 13.0 Å². The number of amides is 1. The Bertz CT molecular complexity index is 309. The number of aromatic nitrogens is 2. The standard InChI is InChI=1S/C9H14N4O/c10-7-5-9(14)13(6-7)4-2-8-1-3-11-12-8/h1,3,7H,2,4-6,10H2,(H,11,12). The predicted octanol–water partition coefficient (Wildman–Crippen LogP) is -0.488. The molecule has 0 aromatic carbocycles. The molecule has 1 aromatic heterocycles. The average molecular weight is 194 g/mol. The lowest BCUT2D eigenvalue weighted by Crippen LogP contribution is -2.30. The summed E-state index contributed by atoms with van der Waals surface area (Å²) in [6.45, 7) is 1.42. The number of hydrogen-bond donors (Lipinski definition) is 2. The van der Waals surface area contributed by atoms with E-state index < -0.39 is 0 Å². The third kappa shape index (κ3) is 1.93.